The number of thioether (sulfide) groups is 1. The molecule has 8 nitrogen and oxygen atoms in total. The number of carbonyl (C=O) groups is 2. The molecule has 1 N–H and O–H groups in total. The third kappa shape index (κ3) is 5.86. The predicted octanol–water partition coefficient (Wildman–Crippen LogP) is 3.14. The minimum absolute atomic E-state index is 0.204. The minimum atomic E-state index is -3.54. The Morgan fingerprint density at radius 1 is 1.15 bits per heavy atom. The van der Waals surface area contributed by atoms with Gasteiger partial charge < -0.3 is 10.2 Å². The number of nitrogens with zero attached hydrogens (tertiary/aromatic N) is 3. The Morgan fingerprint density at radius 2 is 1.79 bits per heavy atom. The van der Waals surface area contributed by atoms with Crippen molar-refractivity contribution in [3.05, 3.63) is 65.7 Å². The average molecular weight is 499 g/mol. The van der Waals surface area contributed by atoms with Gasteiger partial charge in [0, 0.05) is 30.6 Å². The summed E-state index contributed by atoms with van der Waals surface area (Å²) in [5, 5.41) is 11.7. The van der Waals surface area contributed by atoms with E-state index in [0.717, 1.165) is 0 Å². The summed E-state index contributed by atoms with van der Waals surface area (Å²) in [7, 11) is -3.54. The first kappa shape index (κ1) is 25.5. The van der Waals surface area contributed by atoms with Gasteiger partial charge in [-0.3, -0.25) is 9.59 Å². The zero-order valence-electron chi connectivity index (χ0n) is 19.0. The lowest BCUT2D eigenvalue weighted by Gasteiger charge is -2.21. The van der Waals surface area contributed by atoms with Crippen LogP contribution in [0.2, 0.25) is 0 Å². The molecule has 1 aliphatic rings. The molecule has 10 heteroatoms. The number of hydrogen-bond donors (Lipinski definition) is 1. The van der Waals surface area contributed by atoms with Crippen LogP contribution in [0.3, 0.4) is 0 Å². The SMILES string of the molecule is CCN(CC)S(=O)(=O)c1ccc(/C=C\C(=O)N2CSC[C@@H]2C(=O)Nc2ccc(C#N)cc2)cc1. The second-order valence-corrected chi connectivity index (χ2v) is 10.4. The van der Waals surface area contributed by atoms with Crippen molar-refractivity contribution < 1.29 is 18.0 Å². The van der Waals surface area contributed by atoms with Crippen molar-refractivity contribution in [1.29, 1.82) is 5.26 Å². The Morgan fingerprint density at radius 3 is 2.38 bits per heavy atom. The van der Waals surface area contributed by atoms with Crippen molar-refractivity contribution in [2.45, 2.75) is 24.8 Å². The van der Waals surface area contributed by atoms with Crippen LogP contribution in [0, 0.1) is 11.3 Å². The van der Waals surface area contributed by atoms with E-state index in [2.05, 4.69) is 5.32 Å². The Balaban J connectivity index is 1.65. The van der Waals surface area contributed by atoms with Gasteiger partial charge in [-0.25, -0.2) is 8.42 Å². The molecule has 0 aliphatic carbocycles. The summed E-state index contributed by atoms with van der Waals surface area (Å²) in [6, 6.07) is 14.3. The number of sulfonamides is 1. The van der Waals surface area contributed by atoms with Gasteiger partial charge in [-0.05, 0) is 48.0 Å². The summed E-state index contributed by atoms with van der Waals surface area (Å²) in [6.45, 7) is 4.36. The average Bonchev–Trinajstić information content (AvgIpc) is 3.34. The maximum atomic E-state index is 12.8. The van der Waals surface area contributed by atoms with Gasteiger partial charge in [0.15, 0.2) is 0 Å². The zero-order valence-corrected chi connectivity index (χ0v) is 20.6. The number of amides is 2. The van der Waals surface area contributed by atoms with E-state index in [4.69, 9.17) is 5.26 Å². The van der Waals surface area contributed by atoms with Gasteiger partial charge in [0.25, 0.3) is 0 Å². The standard InChI is InChI=1S/C24H26N4O4S2/c1-3-27(4-2)34(31,32)21-12-7-18(8-13-21)9-14-23(29)28-17-33-16-22(28)24(30)26-20-10-5-19(15-25)6-11-20/h5-14,22H,3-4,16-17H2,1-2H3,(H,26,30)/b14-9-/t22-/m1/s1. The Bertz CT molecular complexity index is 1200. The molecular formula is C24H26N4O4S2. The predicted molar refractivity (Wildman–Crippen MR) is 133 cm³/mol. The van der Waals surface area contributed by atoms with Gasteiger partial charge in [-0.2, -0.15) is 9.57 Å². The smallest absolute Gasteiger partial charge is 0.248 e. The molecule has 1 heterocycles. The summed E-state index contributed by atoms with van der Waals surface area (Å²) in [5.41, 5.74) is 1.73. The first-order valence-electron chi connectivity index (χ1n) is 10.8. The lowest BCUT2D eigenvalue weighted by molar-refractivity contribution is -0.132. The molecule has 2 amide bonds. The van der Waals surface area contributed by atoms with Crippen LogP contribution in [0.5, 0.6) is 0 Å². The molecule has 0 saturated carbocycles. The molecular weight excluding hydrogens is 472 g/mol. The zero-order chi connectivity index (χ0) is 24.7. The summed E-state index contributed by atoms with van der Waals surface area (Å²) in [4.78, 5) is 27.2. The fourth-order valence-corrected chi connectivity index (χ4v) is 6.08. The van der Waals surface area contributed by atoms with E-state index in [0.29, 0.717) is 41.5 Å². The van der Waals surface area contributed by atoms with Gasteiger partial charge >= 0.3 is 0 Å². The van der Waals surface area contributed by atoms with Crippen molar-refractivity contribution in [2.24, 2.45) is 0 Å². The molecule has 0 radical (unpaired) electrons. The summed E-state index contributed by atoms with van der Waals surface area (Å²) < 4.78 is 26.6. The van der Waals surface area contributed by atoms with Gasteiger partial charge in [-0.1, -0.05) is 26.0 Å². The first-order valence-corrected chi connectivity index (χ1v) is 13.4. The fourth-order valence-electron chi connectivity index (χ4n) is 3.46. The van der Waals surface area contributed by atoms with Crippen LogP contribution in [0.25, 0.3) is 6.08 Å². The minimum Gasteiger partial charge on any atom is -0.324 e. The van der Waals surface area contributed by atoms with E-state index in [1.165, 1.54) is 39.2 Å². The van der Waals surface area contributed by atoms with E-state index in [1.807, 2.05) is 6.07 Å². The molecule has 0 spiro atoms. The van der Waals surface area contributed by atoms with Crippen molar-refractivity contribution in [3.8, 4) is 6.07 Å². The Hall–Kier alpha value is -3.13. The molecule has 1 saturated heterocycles. The summed E-state index contributed by atoms with van der Waals surface area (Å²) >= 11 is 1.49. The van der Waals surface area contributed by atoms with Crippen LogP contribution in [0.1, 0.15) is 25.0 Å². The highest BCUT2D eigenvalue weighted by atomic mass is 32.2. The number of nitriles is 1. The molecule has 0 unspecified atom stereocenters. The van der Waals surface area contributed by atoms with Gasteiger partial charge in [0.05, 0.1) is 22.4 Å². The van der Waals surface area contributed by atoms with E-state index in [1.54, 1.807) is 56.3 Å². The normalized spacial score (nSPS) is 16.1. The summed E-state index contributed by atoms with van der Waals surface area (Å²) in [6.07, 6.45) is 3.00. The van der Waals surface area contributed by atoms with Crippen LogP contribution in [-0.4, -0.2) is 60.2 Å². The van der Waals surface area contributed by atoms with Gasteiger partial charge in [0.1, 0.15) is 6.04 Å². The van der Waals surface area contributed by atoms with Gasteiger partial charge in [-0.15, -0.1) is 11.8 Å². The highest BCUT2D eigenvalue weighted by molar-refractivity contribution is 7.99. The fraction of sp³-hybridized carbons (Fsp3) is 0.292. The Kier molecular flexibility index (Phi) is 8.50. The van der Waals surface area contributed by atoms with Crippen LogP contribution in [-0.2, 0) is 19.6 Å². The highest BCUT2D eigenvalue weighted by Gasteiger charge is 2.33. The molecule has 1 atom stereocenters. The third-order valence-electron chi connectivity index (χ3n) is 5.39. The molecule has 0 bridgehead atoms. The molecule has 3 rings (SSSR count). The number of rotatable bonds is 8. The number of anilines is 1. The second kappa shape index (κ2) is 11.3. The van der Waals surface area contributed by atoms with Gasteiger partial charge in [0.2, 0.25) is 21.8 Å². The van der Waals surface area contributed by atoms with E-state index < -0.39 is 16.1 Å². The van der Waals surface area contributed by atoms with E-state index >= 15 is 0 Å². The maximum Gasteiger partial charge on any atom is 0.248 e. The van der Waals surface area contributed by atoms with Crippen molar-refractivity contribution in [1.82, 2.24) is 9.21 Å². The Labute approximate surface area is 204 Å². The molecule has 2 aromatic carbocycles. The third-order valence-corrected chi connectivity index (χ3v) is 8.47. The van der Waals surface area contributed by atoms with Crippen molar-refractivity contribution in [3.63, 3.8) is 0 Å². The lowest BCUT2D eigenvalue weighted by atomic mass is 10.2. The summed E-state index contributed by atoms with van der Waals surface area (Å²) in [5.74, 6) is 0.294. The monoisotopic (exact) mass is 498 g/mol. The first-order chi connectivity index (χ1) is 16.3. The largest absolute Gasteiger partial charge is 0.324 e. The molecule has 178 valence electrons. The second-order valence-electron chi connectivity index (χ2n) is 7.49. The number of hydrogen-bond acceptors (Lipinski definition) is 6. The lowest BCUT2D eigenvalue weighted by Crippen LogP contribution is -2.43. The quantitative estimate of drug-likeness (QED) is 0.560. The van der Waals surface area contributed by atoms with Crippen molar-refractivity contribution in [2.75, 3.05) is 30.0 Å². The van der Waals surface area contributed by atoms with E-state index in [-0.39, 0.29) is 16.7 Å². The van der Waals surface area contributed by atoms with Crippen LogP contribution in [0.4, 0.5) is 5.69 Å². The number of carbonyl (C=O) groups excluding carboxylic acids is 2. The van der Waals surface area contributed by atoms with Crippen LogP contribution < -0.4 is 5.32 Å². The van der Waals surface area contributed by atoms with E-state index in [9.17, 15) is 18.0 Å². The number of benzene rings is 2. The topological polar surface area (TPSA) is 111 Å². The number of nitrogens with one attached hydrogen (secondary N) is 1. The molecule has 2 aromatic rings. The van der Waals surface area contributed by atoms with Crippen LogP contribution >= 0.6 is 11.8 Å². The molecule has 0 aromatic heterocycles. The van der Waals surface area contributed by atoms with Crippen molar-refractivity contribution >= 4 is 45.4 Å². The molecule has 34 heavy (non-hydrogen) atoms. The molecule has 1 aliphatic heterocycles. The highest BCUT2D eigenvalue weighted by Crippen LogP contribution is 2.23. The maximum absolute atomic E-state index is 12.8. The van der Waals surface area contributed by atoms with Crippen LogP contribution in [0.15, 0.2) is 59.5 Å². The molecule has 1 fully saturated rings.